The van der Waals surface area contributed by atoms with Gasteiger partial charge in [-0.3, -0.25) is 9.89 Å². The summed E-state index contributed by atoms with van der Waals surface area (Å²) in [6, 6.07) is 5.62. The molecule has 9 nitrogen and oxygen atoms in total. The lowest BCUT2D eigenvalue weighted by molar-refractivity contribution is 0.0147. The molecule has 0 atom stereocenters. The van der Waals surface area contributed by atoms with E-state index in [0.717, 1.165) is 31.9 Å². The van der Waals surface area contributed by atoms with E-state index in [2.05, 4.69) is 20.5 Å². The van der Waals surface area contributed by atoms with Gasteiger partial charge in [-0.15, -0.1) is 0 Å². The Hall–Kier alpha value is -2.68. The van der Waals surface area contributed by atoms with E-state index >= 15 is 0 Å². The summed E-state index contributed by atoms with van der Waals surface area (Å²) in [5.74, 6) is 2.01. The van der Waals surface area contributed by atoms with Crippen LogP contribution in [0.25, 0.3) is 0 Å². The molecule has 0 radical (unpaired) electrons. The minimum atomic E-state index is -0.463. The highest BCUT2D eigenvalue weighted by atomic mass is 16.6. The fourth-order valence-corrected chi connectivity index (χ4v) is 3.04. The van der Waals surface area contributed by atoms with E-state index in [-0.39, 0.29) is 6.09 Å². The summed E-state index contributed by atoms with van der Waals surface area (Å²) in [5, 5.41) is 6.57. The van der Waals surface area contributed by atoms with E-state index in [9.17, 15) is 4.79 Å². The number of carbonyl (C=O) groups excluding carboxylic acids is 1. The molecule has 2 N–H and O–H groups in total. The van der Waals surface area contributed by atoms with Crippen LogP contribution >= 0.6 is 0 Å². The fourth-order valence-electron chi connectivity index (χ4n) is 3.04. The van der Waals surface area contributed by atoms with Crippen molar-refractivity contribution in [1.82, 2.24) is 15.1 Å². The van der Waals surface area contributed by atoms with Gasteiger partial charge in [0.25, 0.3) is 0 Å². The number of hydrogen-bond donors (Lipinski definition) is 2. The maximum Gasteiger partial charge on any atom is 0.410 e. The van der Waals surface area contributed by atoms with Crippen LogP contribution < -0.4 is 20.1 Å². The number of rotatable bonds is 6. The Morgan fingerprint density at radius 2 is 1.77 bits per heavy atom. The number of amides is 1. The second-order valence-corrected chi connectivity index (χ2v) is 8.00. The number of piperazine rings is 1. The molecule has 0 saturated carbocycles. The SMILES string of the molecule is CN=C(NCCN1CCN(C(=O)OC(C)(C)C)CC1)Nc1ccc(OC)c(OC)c1. The Kier molecular flexibility index (Phi) is 8.58. The largest absolute Gasteiger partial charge is 0.493 e. The normalized spacial score (nSPS) is 15.5. The van der Waals surface area contributed by atoms with E-state index in [4.69, 9.17) is 14.2 Å². The van der Waals surface area contributed by atoms with Crippen LogP contribution in [0.2, 0.25) is 0 Å². The first kappa shape index (κ1) is 23.6. The lowest BCUT2D eigenvalue weighted by Gasteiger charge is -2.35. The second kappa shape index (κ2) is 10.9. The van der Waals surface area contributed by atoms with Gasteiger partial charge in [0.05, 0.1) is 14.2 Å². The summed E-state index contributed by atoms with van der Waals surface area (Å²) >= 11 is 0. The van der Waals surface area contributed by atoms with Crippen molar-refractivity contribution >= 4 is 17.7 Å². The Balaban J connectivity index is 1.75. The summed E-state index contributed by atoms with van der Waals surface area (Å²) in [6.45, 7) is 10.2. The zero-order valence-electron chi connectivity index (χ0n) is 18.9. The molecule has 1 saturated heterocycles. The molecule has 1 fully saturated rings. The topological polar surface area (TPSA) is 87.7 Å². The third-order valence-electron chi connectivity index (χ3n) is 4.61. The highest BCUT2D eigenvalue weighted by Gasteiger charge is 2.25. The average Bonchev–Trinajstić information content (AvgIpc) is 2.72. The van der Waals surface area contributed by atoms with E-state index in [1.807, 2.05) is 39.0 Å². The van der Waals surface area contributed by atoms with Crippen molar-refractivity contribution in [3.05, 3.63) is 18.2 Å². The predicted molar refractivity (Wildman–Crippen MR) is 119 cm³/mol. The molecule has 1 aliphatic rings. The van der Waals surface area contributed by atoms with Crippen LogP contribution in [0.1, 0.15) is 20.8 Å². The number of hydrogen-bond acceptors (Lipinski definition) is 6. The van der Waals surface area contributed by atoms with E-state index in [1.54, 1.807) is 26.2 Å². The van der Waals surface area contributed by atoms with Crippen LogP contribution in [0.4, 0.5) is 10.5 Å². The van der Waals surface area contributed by atoms with Gasteiger partial charge in [0.15, 0.2) is 17.5 Å². The molecule has 0 aliphatic carbocycles. The first-order chi connectivity index (χ1) is 14.3. The molecule has 1 heterocycles. The monoisotopic (exact) mass is 421 g/mol. The minimum Gasteiger partial charge on any atom is -0.493 e. The molecular weight excluding hydrogens is 386 g/mol. The van der Waals surface area contributed by atoms with Crippen molar-refractivity contribution in [1.29, 1.82) is 0 Å². The van der Waals surface area contributed by atoms with E-state index in [0.29, 0.717) is 30.5 Å². The number of aliphatic imine (C=N–C) groups is 1. The van der Waals surface area contributed by atoms with Crippen LogP contribution in [0.3, 0.4) is 0 Å². The summed E-state index contributed by atoms with van der Waals surface area (Å²) in [6.07, 6.45) is -0.236. The van der Waals surface area contributed by atoms with Gasteiger partial charge in [0.1, 0.15) is 5.60 Å². The summed E-state index contributed by atoms with van der Waals surface area (Å²) in [5.41, 5.74) is 0.390. The van der Waals surface area contributed by atoms with E-state index < -0.39 is 5.60 Å². The lowest BCUT2D eigenvalue weighted by atomic mass is 10.2. The number of methoxy groups -OCH3 is 2. The molecule has 1 aromatic carbocycles. The standard InChI is InChI=1S/C21H35N5O4/c1-21(2,3)30-20(27)26-13-11-25(12-14-26)10-9-23-19(22-4)24-16-7-8-17(28-5)18(15-16)29-6/h7-8,15H,9-14H2,1-6H3,(H2,22,23,24). The molecular formula is C21H35N5O4. The Morgan fingerprint density at radius 3 is 2.33 bits per heavy atom. The van der Waals surface area contributed by atoms with Gasteiger partial charge < -0.3 is 29.7 Å². The molecule has 30 heavy (non-hydrogen) atoms. The van der Waals surface area contributed by atoms with Crippen LogP contribution in [-0.2, 0) is 4.74 Å². The Bertz CT molecular complexity index is 725. The van der Waals surface area contributed by atoms with Gasteiger partial charge in [-0.2, -0.15) is 0 Å². The zero-order chi connectivity index (χ0) is 22.1. The molecule has 0 bridgehead atoms. The third kappa shape index (κ3) is 7.29. The van der Waals surface area contributed by atoms with Gasteiger partial charge in [-0.25, -0.2) is 4.79 Å². The Labute approximate surface area is 179 Å². The molecule has 1 aliphatic heterocycles. The fraction of sp³-hybridized carbons (Fsp3) is 0.619. The average molecular weight is 422 g/mol. The second-order valence-electron chi connectivity index (χ2n) is 8.00. The van der Waals surface area contributed by atoms with Crippen molar-refractivity contribution in [2.75, 3.05) is 65.9 Å². The molecule has 0 unspecified atom stereocenters. The zero-order valence-corrected chi connectivity index (χ0v) is 18.9. The summed E-state index contributed by atoms with van der Waals surface area (Å²) in [7, 11) is 4.95. The minimum absolute atomic E-state index is 0.236. The highest BCUT2D eigenvalue weighted by Crippen LogP contribution is 2.29. The quantitative estimate of drug-likeness (QED) is 0.538. The van der Waals surface area contributed by atoms with E-state index in [1.165, 1.54) is 0 Å². The molecule has 9 heteroatoms. The molecule has 1 aromatic rings. The van der Waals surface area contributed by atoms with Crippen molar-refractivity contribution in [3.63, 3.8) is 0 Å². The number of anilines is 1. The van der Waals surface area contributed by atoms with Gasteiger partial charge in [0.2, 0.25) is 0 Å². The number of guanidine groups is 1. The number of nitrogens with one attached hydrogen (secondary N) is 2. The molecule has 168 valence electrons. The number of nitrogens with zero attached hydrogens (tertiary/aromatic N) is 3. The molecule has 2 rings (SSSR count). The van der Waals surface area contributed by atoms with Crippen molar-refractivity contribution in [2.24, 2.45) is 4.99 Å². The van der Waals surface area contributed by atoms with Crippen LogP contribution in [0.5, 0.6) is 11.5 Å². The summed E-state index contributed by atoms with van der Waals surface area (Å²) in [4.78, 5) is 20.5. The van der Waals surface area contributed by atoms with Gasteiger partial charge >= 0.3 is 6.09 Å². The lowest BCUT2D eigenvalue weighted by Crippen LogP contribution is -2.51. The predicted octanol–water partition coefficient (Wildman–Crippen LogP) is 2.24. The maximum atomic E-state index is 12.2. The van der Waals surface area contributed by atoms with Crippen LogP contribution in [-0.4, -0.2) is 88.0 Å². The van der Waals surface area contributed by atoms with Gasteiger partial charge in [-0.1, -0.05) is 0 Å². The summed E-state index contributed by atoms with van der Waals surface area (Å²) < 4.78 is 16.0. The molecule has 0 spiro atoms. The first-order valence-electron chi connectivity index (χ1n) is 10.2. The first-order valence-corrected chi connectivity index (χ1v) is 10.2. The number of benzene rings is 1. The number of ether oxygens (including phenoxy) is 3. The maximum absolute atomic E-state index is 12.2. The van der Waals surface area contributed by atoms with Crippen molar-refractivity contribution in [2.45, 2.75) is 26.4 Å². The number of carbonyl (C=O) groups is 1. The molecule has 1 amide bonds. The van der Waals surface area contributed by atoms with Crippen molar-refractivity contribution < 1.29 is 19.0 Å². The van der Waals surface area contributed by atoms with Gasteiger partial charge in [-0.05, 0) is 32.9 Å². The molecule has 0 aromatic heterocycles. The van der Waals surface area contributed by atoms with Gasteiger partial charge in [0, 0.05) is 58.1 Å². The van der Waals surface area contributed by atoms with Crippen LogP contribution in [0, 0.1) is 0 Å². The highest BCUT2D eigenvalue weighted by molar-refractivity contribution is 5.93. The Morgan fingerprint density at radius 1 is 1.10 bits per heavy atom. The van der Waals surface area contributed by atoms with Crippen LogP contribution in [0.15, 0.2) is 23.2 Å². The smallest absolute Gasteiger partial charge is 0.410 e. The third-order valence-corrected chi connectivity index (χ3v) is 4.61. The van der Waals surface area contributed by atoms with Crippen molar-refractivity contribution in [3.8, 4) is 11.5 Å².